The molecule has 1 heterocycles. The number of hydrogen-bond acceptors (Lipinski definition) is 6. The molecule has 2 amide bonds. The van der Waals surface area contributed by atoms with Crippen LogP contribution in [0.1, 0.15) is 23.8 Å². The number of alkyl halides is 3. The molecule has 0 aliphatic carbocycles. The zero-order chi connectivity index (χ0) is 23.9. The van der Waals surface area contributed by atoms with E-state index in [0.717, 1.165) is 23.9 Å². The molecular weight excluding hydrogens is 445 g/mol. The van der Waals surface area contributed by atoms with Crippen molar-refractivity contribution < 1.29 is 27.3 Å². The summed E-state index contributed by atoms with van der Waals surface area (Å²) in [7, 11) is 3.69. The second-order valence-corrected chi connectivity index (χ2v) is 8.91. The molecule has 0 aliphatic heterocycles. The Hall–Kier alpha value is -2.53. The van der Waals surface area contributed by atoms with Crippen molar-refractivity contribution >= 4 is 29.4 Å². The zero-order valence-electron chi connectivity index (χ0n) is 18.4. The van der Waals surface area contributed by atoms with Gasteiger partial charge in [-0.2, -0.15) is 13.2 Å². The number of nitrogens with one attached hydrogen (secondary N) is 1. The van der Waals surface area contributed by atoms with E-state index in [2.05, 4.69) is 10.5 Å². The Morgan fingerprint density at radius 3 is 2.53 bits per heavy atom. The summed E-state index contributed by atoms with van der Waals surface area (Å²) in [4.78, 5) is 28.5. The van der Waals surface area contributed by atoms with E-state index in [0.29, 0.717) is 30.2 Å². The van der Waals surface area contributed by atoms with E-state index < -0.39 is 17.0 Å². The lowest BCUT2D eigenvalue weighted by atomic mass is 10.1. The lowest BCUT2D eigenvalue weighted by Crippen LogP contribution is -2.38. The summed E-state index contributed by atoms with van der Waals surface area (Å²) in [6.07, 6.45) is -4.45. The van der Waals surface area contributed by atoms with Gasteiger partial charge in [-0.3, -0.25) is 9.59 Å². The summed E-state index contributed by atoms with van der Waals surface area (Å²) in [5, 5.41) is 5.77. The van der Waals surface area contributed by atoms with Crippen molar-refractivity contribution in [3.05, 3.63) is 47.2 Å². The molecule has 32 heavy (non-hydrogen) atoms. The number of halogens is 3. The number of aromatic nitrogens is 1. The summed E-state index contributed by atoms with van der Waals surface area (Å²) in [6, 6.07) is 6.54. The maximum absolute atomic E-state index is 13.0. The average molecular weight is 473 g/mol. The number of thioether (sulfide) groups is 1. The van der Waals surface area contributed by atoms with Crippen molar-refractivity contribution in [2.45, 2.75) is 31.8 Å². The van der Waals surface area contributed by atoms with Gasteiger partial charge in [-0.1, -0.05) is 17.3 Å². The van der Waals surface area contributed by atoms with Crippen molar-refractivity contribution in [2.75, 3.05) is 38.3 Å². The topological polar surface area (TPSA) is 78.7 Å². The molecule has 1 N–H and O–H groups in total. The number of likely N-dealkylation sites (N-methyl/N-ethyl adjacent to an activating group) is 1. The van der Waals surface area contributed by atoms with Crippen LogP contribution >= 0.6 is 11.8 Å². The van der Waals surface area contributed by atoms with Crippen molar-refractivity contribution in [3.63, 3.8) is 0 Å². The SMILES string of the molecule is Cc1cc(NC(=O)C(C)SCC(=O)N(CCN(C)C)Cc2cccc(C(F)(F)F)c2)no1. The number of carbonyl (C=O) groups excluding carboxylic acids is 2. The lowest BCUT2D eigenvalue weighted by Gasteiger charge is -2.25. The van der Waals surface area contributed by atoms with Crippen molar-refractivity contribution in [2.24, 2.45) is 0 Å². The molecular formula is C21H27F3N4O3S. The first-order chi connectivity index (χ1) is 15.0. The normalized spacial score (nSPS) is 12.6. The quantitative estimate of drug-likeness (QED) is 0.569. The van der Waals surface area contributed by atoms with Crippen molar-refractivity contribution in [1.82, 2.24) is 15.0 Å². The zero-order valence-corrected chi connectivity index (χ0v) is 19.2. The molecule has 1 aromatic carbocycles. The Kier molecular flexibility index (Phi) is 9.14. The van der Waals surface area contributed by atoms with E-state index in [9.17, 15) is 22.8 Å². The fourth-order valence-corrected chi connectivity index (χ4v) is 3.48. The predicted octanol–water partition coefficient (Wildman–Crippen LogP) is 3.65. The number of rotatable bonds is 10. The Bertz CT molecular complexity index is 918. The molecule has 2 rings (SSSR count). The summed E-state index contributed by atoms with van der Waals surface area (Å²) < 4.78 is 44.0. The lowest BCUT2D eigenvalue weighted by molar-refractivity contribution is -0.137. The van der Waals surface area contributed by atoms with E-state index >= 15 is 0 Å². The predicted molar refractivity (Wildman–Crippen MR) is 117 cm³/mol. The fourth-order valence-electron chi connectivity index (χ4n) is 2.70. The fraction of sp³-hybridized carbons (Fsp3) is 0.476. The summed E-state index contributed by atoms with van der Waals surface area (Å²) in [5.41, 5.74) is -0.359. The van der Waals surface area contributed by atoms with Crippen LogP contribution in [0.15, 0.2) is 34.9 Å². The van der Waals surface area contributed by atoms with Gasteiger partial charge in [0.15, 0.2) is 5.82 Å². The van der Waals surface area contributed by atoms with Gasteiger partial charge in [0.25, 0.3) is 0 Å². The number of amides is 2. The molecule has 1 unspecified atom stereocenters. The maximum Gasteiger partial charge on any atom is 0.416 e. The van der Waals surface area contributed by atoms with Gasteiger partial charge >= 0.3 is 6.18 Å². The summed E-state index contributed by atoms with van der Waals surface area (Å²) in [6.45, 7) is 4.32. The standard InChI is InChI=1S/C21H27F3N4O3S/c1-14-10-18(26-31-14)25-20(30)15(2)32-13-19(29)28(9-8-27(3)4)12-16-6-5-7-17(11-16)21(22,23)24/h5-7,10-11,15H,8-9,12-13H2,1-4H3,(H,25,26,30). The van der Waals surface area contributed by atoms with Gasteiger partial charge in [-0.15, -0.1) is 11.8 Å². The molecule has 2 aromatic rings. The number of anilines is 1. The highest BCUT2D eigenvalue weighted by molar-refractivity contribution is 8.01. The summed E-state index contributed by atoms with van der Waals surface area (Å²) in [5.74, 6) is 0.282. The van der Waals surface area contributed by atoms with Gasteiger partial charge in [-0.05, 0) is 45.6 Å². The van der Waals surface area contributed by atoms with Crippen molar-refractivity contribution in [1.29, 1.82) is 0 Å². The van der Waals surface area contributed by atoms with Crippen LogP contribution in [0.25, 0.3) is 0 Å². The number of carbonyl (C=O) groups is 2. The van der Waals surface area contributed by atoms with E-state index in [4.69, 9.17) is 4.52 Å². The first-order valence-electron chi connectivity index (χ1n) is 9.90. The Labute approximate surface area is 189 Å². The Morgan fingerprint density at radius 2 is 1.94 bits per heavy atom. The molecule has 0 fully saturated rings. The summed E-state index contributed by atoms with van der Waals surface area (Å²) >= 11 is 1.14. The molecule has 1 atom stereocenters. The third-order valence-corrected chi connectivity index (χ3v) is 5.63. The third kappa shape index (κ3) is 8.19. The minimum atomic E-state index is -4.45. The first-order valence-corrected chi connectivity index (χ1v) is 10.9. The highest BCUT2D eigenvalue weighted by atomic mass is 32.2. The smallest absolute Gasteiger partial charge is 0.360 e. The average Bonchev–Trinajstić information content (AvgIpc) is 3.12. The molecule has 0 radical (unpaired) electrons. The second kappa shape index (κ2) is 11.4. The van der Waals surface area contributed by atoms with Gasteiger partial charge in [0, 0.05) is 25.7 Å². The molecule has 0 saturated heterocycles. The van der Waals surface area contributed by atoms with Gasteiger partial charge < -0.3 is 19.6 Å². The molecule has 0 bridgehead atoms. The van der Waals surface area contributed by atoms with Crippen molar-refractivity contribution in [3.8, 4) is 0 Å². The van der Waals surface area contributed by atoms with Crippen LogP contribution in [0.4, 0.5) is 19.0 Å². The molecule has 1 aromatic heterocycles. The molecule has 0 spiro atoms. The van der Waals surface area contributed by atoms with Crippen LogP contribution in [0.2, 0.25) is 0 Å². The van der Waals surface area contributed by atoms with E-state index in [-0.39, 0.29) is 24.1 Å². The van der Waals surface area contributed by atoms with E-state index in [1.807, 2.05) is 19.0 Å². The Balaban J connectivity index is 2.00. The van der Waals surface area contributed by atoms with E-state index in [1.54, 1.807) is 26.0 Å². The number of nitrogens with zero attached hydrogens (tertiary/aromatic N) is 3. The van der Waals surface area contributed by atoms with Crippen LogP contribution in [-0.2, 0) is 22.3 Å². The molecule has 0 aliphatic rings. The Morgan fingerprint density at radius 1 is 1.22 bits per heavy atom. The number of hydrogen-bond donors (Lipinski definition) is 1. The maximum atomic E-state index is 13.0. The minimum absolute atomic E-state index is 0.0127. The molecule has 7 nitrogen and oxygen atoms in total. The minimum Gasteiger partial charge on any atom is -0.360 e. The second-order valence-electron chi connectivity index (χ2n) is 7.58. The highest BCUT2D eigenvalue weighted by Gasteiger charge is 2.30. The van der Waals surface area contributed by atoms with Gasteiger partial charge in [-0.25, -0.2) is 0 Å². The monoisotopic (exact) mass is 472 g/mol. The largest absolute Gasteiger partial charge is 0.416 e. The van der Waals surface area contributed by atoms with Gasteiger partial charge in [0.1, 0.15) is 5.76 Å². The van der Waals surface area contributed by atoms with Crippen LogP contribution in [-0.4, -0.2) is 65.0 Å². The molecule has 176 valence electrons. The number of benzene rings is 1. The van der Waals surface area contributed by atoms with Crippen LogP contribution in [0, 0.1) is 6.92 Å². The van der Waals surface area contributed by atoms with E-state index in [1.165, 1.54) is 11.0 Å². The van der Waals surface area contributed by atoms with Crippen LogP contribution in [0.5, 0.6) is 0 Å². The van der Waals surface area contributed by atoms with Gasteiger partial charge in [0.2, 0.25) is 11.8 Å². The van der Waals surface area contributed by atoms with Gasteiger partial charge in [0.05, 0.1) is 16.6 Å². The molecule has 11 heteroatoms. The first kappa shape index (κ1) is 25.7. The highest BCUT2D eigenvalue weighted by Crippen LogP contribution is 2.29. The number of aryl methyl sites for hydroxylation is 1. The third-order valence-electron chi connectivity index (χ3n) is 4.50. The van der Waals surface area contributed by atoms with Crippen LogP contribution < -0.4 is 5.32 Å². The molecule has 0 saturated carbocycles. The van der Waals surface area contributed by atoms with Crippen LogP contribution in [0.3, 0.4) is 0 Å².